The Balaban J connectivity index is 1.77. The number of rotatable bonds is 5. The van der Waals surface area contributed by atoms with E-state index in [0.29, 0.717) is 17.9 Å². The quantitative estimate of drug-likeness (QED) is 0.898. The van der Waals surface area contributed by atoms with Gasteiger partial charge in [-0.25, -0.2) is 0 Å². The molecule has 2 aliphatic rings. The van der Waals surface area contributed by atoms with Crippen LogP contribution in [0.2, 0.25) is 0 Å². The van der Waals surface area contributed by atoms with E-state index in [9.17, 15) is 0 Å². The van der Waals surface area contributed by atoms with Gasteiger partial charge in [-0.3, -0.25) is 0 Å². The number of para-hydroxylation sites is 2. The molecule has 1 heterocycles. The second-order valence-electron chi connectivity index (χ2n) is 6.38. The van der Waals surface area contributed by atoms with Crippen LogP contribution in [-0.4, -0.2) is 26.3 Å². The molecule has 0 radical (unpaired) electrons. The van der Waals surface area contributed by atoms with E-state index in [1.807, 2.05) is 24.3 Å². The van der Waals surface area contributed by atoms with Crippen LogP contribution in [0.5, 0.6) is 11.5 Å². The van der Waals surface area contributed by atoms with Crippen LogP contribution in [-0.2, 0) is 0 Å². The van der Waals surface area contributed by atoms with Crippen molar-refractivity contribution in [3.8, 4) is 11.5 Å². The average molecular weight is 289 g/mol. The molecule has 2 atom stereocenters. The Morgan fingerprint density at radius 3 is 2.43 bits per heavy atom. The molecule has 2 unspecified atom stereocenters. The van der Waals surface area contributed by atoms with Crippen LogP contribution in [0.4, 0.5) is 0 Å². The Morgan fingerprint density at radius 1 is 1.00 bits per heavy atom. The molecule has 1 saturated carbocycles. The van der Waals surface area contributed by atoms with Crippen molar-refractivity contribution < 1.29 is 9.47 Å². The summed E-state index contributed by atoms with van der Waals surface area (Å²) >= 11 is 0. The minimum atomic E-state index is 0.330. The monoisotopic (exact) mass is 289 g/mol. The summed E-state index contributed by atoms with van der Waals surface area (Å²) < 4.78 is 12.0. The van der Waals surface area contributed by atoms with Gasteiger partial charge in [0, 0.05) is 12.5 Å². The van der Waals surface area contributed by atoms with Crippen LogP contribution in [0.3, 0.4) is 0 Å². The first-order valence-electron chi connectivity index (χ1n) is 8.39. The van der Waals surface area contributed by atoms with E-state index >= 15 is 0 Å². The van der Waals surface area contributed by atoms with Crippen LogP contribution in [0, 0.1) is 11.8 Å². The van der Waals surface area contributed by atoms with Gasteiger partial charge in [0.2, 0.25) is 0 Å². The maximum atomic E-state index is 6.49. The SMILES string of the molecule is COc1ccccc1OC(C1CCCCC1)C1CCNC1. The van der Waals surface area contributed by atoms with Crippen LogP contribution >= 0.6 is 0 Å². The normalized spacial score (nSPS) is 24.7. The first-order chi connectivity index (χ1) is 10.4. The van der Waals surface area contributed by atoms with Gasteiger partial charge in [0.1, 0.15) is 6.10 Å². The van der Waals surface area contributed by atoms with Crippen LogP contribution in [0.1, 0.15) is 38.5 Å². The summed E-state index contributed by atoms with van der Waals surface area (Å²) in [5.74, 6) is 3.10. The minimum absolute atomic E-state index is 0.330. The zero-order chi connectivity index (χ0) is 14.5. The summed E-state index contributed by atoms with van der Waals surface area (Å²) in [6, 6.07) is 8.05. The molecule has 1 N–H and O–H groups in total. The third kappa shape index (κ3) is 3.52. The summed E-state index contributed by atoms with van der Waals surface area (Å²) in [6.45, 7) is 2.22. The highest BCUT2D eigenvalue weighted by Crippen LogP contribution is 2.36. The summed E-state index contributed by atoms with van der Waals surface area (Å²) in [7, 11) is 1.72. The highest BCUT2D eigenvalue weighted by Gasteiger charge is 2.34. The smallest absolute Gasteiger partial charge is 0.161 e. The molecule has 2 fully saturated rings. The van der Waals surface area contributed by atoms with Crippen molar-refractivity contribution in [2.75, 3.05) is 20.2 Å². The van der Waals surface area contributed by atoms with E-state index in [-0.39, 0.29) is 0 Å². The fourth-order valence-corrected chi connectivity index (χ4v) is 3.86. The number of benzene rings is 1. The molecule has 0 amide bonds. The predicted molar refractivity (Wildman–Crippen MR) is 85.0 cm³/mol. The second kappa shape index (κ2) is 7.17. The number of hydrogen-bond donors (Lipinski definition) is 1. The lowest BCUT2D eigenvalue weighted by Crippen LogP contribution is -2.37. The lowest BCUT2D eigenvalue weighted by Gasteiger charge is -2.34. The first-order valence-corrected chi connectivity index (χ1v) is 8.39. The minimum Gasteiger partial charge on any atom is -0.493 e. The molecular formula is C18H27NO2. The van der Waals surface area contributed by atoms with Crippen molar-refractivity contribution in [2.45, 2.75) is 44.6 Å². The fourth-order valence-electron chi connectivity index (χ4n) is 3.86. The fraction of sp³-hybridized carbons (Fsp3) is 0.667. The molecule has 116 valence electrons. The van der Waals surface area contributed by atoms with Gasteiger partial charge in [-0.2, -0.15) is 0 Å². The number of methoxy groups -OCH3 is 1. The van der Waals surface area contributed by atoms with Gasteiger partial charge < -0.3 is 14.8 Å². The average Bonchev–Trinajstić information content (AvgIpc) is 3.08. The van der Waals surface area contributed by atoms with Gasteiger partial charge in [-0.1, -0.05) is 31.4 Å². The first kappa shape index (κ1) is 14.7. The molecular weight excluding hydrogens is 262 g/mol. The summed E-state index contributed by atoms with van der Waals surface area (Å²) in [5.41, 5.74) is 0. The molecule has 1 aliphatic heterocycles. The third-order valence-corrected chi connectivity index (χ3v) is 5.01. The second-order valence-corrected chi connectivity index (χ2v) is 6.38. The van der Waals surface area contributed by atoms with E-state index in [1.165, 1.54) is 38.5 Å². The van der Waals surface area contributed by atoms with E-state index in [4.69, 9.17) is 9.47 Å². The van der Waals surface area contributed by atoms with Gasteiger partial charge >= 0.3 is 0 Å². The summed E-state index contributed by atoms with van der Waals surface area (Å²) in [6.07, 6.45) is 8.30. The van der Waals surface area contributed by atoms with Crippen molar-refractivity contribution in [3.05, 3.63) is 24.3 Å². The Bertz CT molecular complexity index is 437. The maximum absolute atomic E-state index is 6.49. The van der Waals surface area contributed by atoms with Crippen molar-refractivity contribution >= 4 is 0 Å². The van der Waals surface area contributed by atoms with Gasteiger partial charge in [0.05, 0.1) is 7.11 Å². The van der Waals surface area contributed by atoms with Crippen LogP contribution in [0.15, 0.2) is 24.3 Å². The molecule has 0 bridgehead atoms. The van der Waals surface area contributed by atoms with Crippen molar-refractivity contribution in [1.82, 2.24) is 5.32 Å². The highest BCUT2D eigenvalue weighted by atomic mass is 16.5. The zero-order valence-corrected chi connectivity index (χ0v) is 13.0. The molecule has 1 aromatic carbocycles. The van der Waals surface area contributed by atoms with Gasteiger partial charge in [0.15, 0.2) is 11.5 Å². The molecule has 3 heteroatoms. The third-order valence-electron chi connectivity index (χ3n) is 5.01. The molecule has 1 saturated heterocycles. The Hall–Kier alpha value is -1.22. The van der Waals surface area contributed by atoms with E-state index < -0.39 is 0 Å². The molecule has 3 rings (SSSR count). The van der Waals surface area contributed by atoms with Crippen LogP contribution in [0.25, 0.3) is 0 Å². The van der Waals surface area contributed by atoms with Gasteiger partial charge in [-0.05, 0) is 43.9 Å². The highest BCUT2D eigenvalue weighted by molar-refractivity contribution is 5.39. The molecule has 3 nitrogen and oxygen atoms in total. The van der Waals surface area contributed by atoms with E-state index in [2.05, 4.69) is 5.32 Å². The lowest BCUT2D eigenvalue weighted by molar-refractivity contribution is 0.0597. The van der Waals surface area contributed by atoms with E-state index in [1.54, 1.807) is 7.11 Å². The Labute approximate surface area is 128 Å². The largest absolute Gasteiger partial charge is 0.493 e. The van der Waals surface area contributed by atoms with Crippen LogP contribution < -0.4 is 14.8 Å². The zero-order valence-electron chi connectivity index (χ0n) is 13.0. The predicted octanol–water partition coefficient (Wildman–Crippen LogP) is 3.63. The van der Waals surface area contributed by atoms with Crippen molar-refractivity contribution in [3.63, 3.8) is 0 Å². The molecule has 0 spiro atoms. The maximum Gasteiger partial charge on any atom is 0.161 e. The van der Waals surface area contributed by atoms with Gasteiger partial charge in [-0.15, -0.1) is 0 Å². The number of hydrogen-bond acceptors (Lipinski definition) is 3. The molecule has 1 aromatic rings. The molecule has 21 heavy (non-hydrogen) atoms. The Morgan fingerprint density at radius 2 is 1.76 bits per heavy atom. The number of ether oxygens (including phenoxy) is 2. The summed E-state index contributed by atoms with van der Waals surface area (Å²) in [5, 5.41) is 3.50. The topological polar surface area (TPSA) is 30.5 Å². The number of nitrogens with one attached hydrogen (secondary N) is 1. The van der Waals surface area contributed by atoms with Crippen molar-refractivity contribution in [1.29, 1.82) is 0 Å². The van der Waals surface area contributed by atoms with Gasteiger partial charge in [0.25, 0.3) is 0 Å². The van der Waals surface area contributed by atoms with Crippen molar-refractivity contribution in [2.24, 2.45) is 11.8 Å². The lowest BCUT2D eigenvalue weighted by atomic mass is 9.80. The molecule has 1 aliphatic carbocycles. The van der Waals surface area contributed by atoms with E-state index in [0.717, 1.165) is 24.6 Å². The molecule has 0 aromatic heterocycles. The standard InChI is InChI=1S/C18H27NO2/c1-20-16-9-5-6-10-17(16)21-18(15-11-12-19-13-15)14-7-3-2-4-8-14/h5-6,9-10,14-15,18-19H,2-4,7-8,11-13H2,1H3. The Kier molecular flexibility index (Phi) is 5.02. The summed E-state index contributed by atoms with van der Waals surface area (Å²) in [4.78, 5) is 0.